The molecule has 1 heterocycles. The molecule has 0 atom stereocenters. The number of methoxy groups -OCH3 is 1. The second-order valence-electron chi connectivity index (χ2n) is 6.71. The first-order valence-corrected chi connectivity index (χ1v) is 10.7. The van der Waals surface area contributed by atoms with Crippen LogP contribution in [0.4, 0.5) is 0 Å². The number of carbonyl (C=O) groups excluding carboxylic acids is 2. The van der Waals surface area contributed by atoms with Gasteiger partial charge < -0.3 is 14.6 Å². The van der Waals surface area contributed by atoms with Crippen LogP contribution in [0.3, 0.4) is 0 Å². The van der Waals surface area contributed by atoms with E-state index in [-0.39, 0.29) is 11.7 Å². The summed E-state index contributed by atoms with van der Waals surface area (Å²) in [5.41, 5.74) is 3.66. The molecular formula is C22H25N3O3S. The summed E-state index contributed by atoms with van der Waals surface area (Å²) in [6.07, 6.45) is 2.68. The van der Waals surface area contributed by atoms with E-state index in [1.165, 1.54) is 11.8 Å². The molecule has 1 aromatic heterocycles. The van der Waals surface area contributed by atoms with Gasteiger partial charge in [-0.15, -0.1) is 11.8 Å². The number of Topliss-reactive ketones (excluding diaryl/α,β-unsaturated/α-hetero) is 1. The molecule has 0 bridgehead atoms. The molecular weight excluding hydrogens is 386 g/mol. The lowest BCUT2D eigenvalue weighted by molar-refractivity contribution is -0.118. The molecule has 7 heteroatoms. The van der Waals surface area contributed by atoms with Crippen LogP contribution < -0.4 is 10.1 Å². The zero-order chi connectivity index (χ0) is 20.6. The minimum Gasteiger partial charge on any atom is -0.496 e. The normalized spacial score (nSPS) is 10.8. The number of ether oxygens (including phenoxy) is 1. The third-order valence-corrected chi connectivity index (χ3v) is 5.58. The highest BCUT2D eigenvalue weighted by molar-refractivity contribution is 7.99. The zero-order valence-electron chi connectivity index (χ0n) is 16.7. The van der Waals surface area contributed by atoms with Gasteiger partial charge in [0.2, 0.25) is 5.91 Å². The van der Waals surface area contributed by atoms with E-state index in [4.69, 9.17) is 4.74 Å². The van der Waals surface area contributed by atoms with E-state index in [1.807, 2.05) is 36.7 Å². The first-order chi connectivity index (χ1) is 14.1. The van der Waals surface area contributed by atoms with Crippen molar-refractivity contribution in [1.82, 2.24) is 14.9 Å². The summed E-state index contributed by atoms with van der Waals surface area (Å²) in [5.74, 6) is 1.73. The number of nitrogens with one attached hydrogen (secondary N) is 1. The molecule has 6 nitrogen and oxygen atoms in total. The molecule has 3 aromatic rings. The lowest BCUT2D eigenvalue weighted by Crippen LogP contribution is -2.26. The van der Waals surface area contributed by atoms with Crippen LogP contribution in [0.25, 0.3) is 11.0 Å². The molecule has 0 saturated heterocycles. The number of amides is 1. The van der Waals surface area contributed by atoms with Crippen LogP contribution in [0.2, 0.25) is 0 Å². The van der Waals surface area contributed by atoms with Crippen molar-refractivity contribution in [3.63, 3.8) is 0 Å². The number of aryl methyl sites for hydroxylation is 1. The fourth-order valence-electron chi connectivity index (χ4n) is 3.08. The van der Waals surface area contributed by atoms with Crippen LogP contribution in [0.15, 0.2) is 48.8 Å². The Kier molecular flexibility index (Phi) is 7.30. The van der Waals surface area contributed by atoms with Gasteiger partial charge >= 0.3 is 0 Å². The van der Waals surface area contributed by atoms with Gasteiger partial charge in [-0.05, 0) is 43.7 Å². The monoisotopic (exact) mass is 411 g/mol. The molecule has 0 spiro atoms. The van der Waals surface area contributed by atoms with Gasteiger partial charge in [-0.2, -0.15) is 0 Å². The molecule has 1 amide bonds. The Morgan fingerprint density at radius 2 is 2.03 bits per heavy atom. The Morgan fingerprint density at radius 3 is 2.83 bits per heavy atom. The van der Waals surface area contributed by atoms with Crippen molar-refractivity contribution in [3.05, 3.63) is 59.9 Å². The number of para-hydroxylation sites is 2. The maximum absolute atomic E-state index is 12.1. The number of aromatic nitrogens is 2. The number of thioether (sulfide) groups is 1. The topological polar surface area (TPSA) is 73.2 Å². The number of fused-ring (bicyclic) bond motifs is 1. The highest BCUT2D eigenvalue weighted by atomic mass is 32.2. The summed E-state index contributed by atoms with van der Waals surface area (Å²) in [5, 5.41) is 2.96. The summed E-state index contributed by atoms with van der Waals surface area (Å²) in [6.45, 7) is 2.97. The number of imidazole rings is 1. The van der Waals surface area contributed by atoms with E-state index >= 15 is 0 Å². The largest absolute Gasteiger partial charge is 0.496 e. The van der Waals surface area contributed by atoms with Crippen molar-refractivity contribution in [2.75, 3.05) is 19.4 Å². The Labute approximate surface area is 174 Å². The molecule has 0 aliphatic carbocycles. The van der Waals surface area contributed by atoms with Crippen LogP contribution in [0, 0.1) is 0 Å². The SMILES string of the molecule is COc1ccc(C(C)=O)cc1CSCC(=O)NCCCn1cnc2ccccc21. The molecule has 0 radical (unpaired) electrons. The first-order valence-electron chi connectivity index (χ1n) is 9.50. The quantitative estimate of drug-likeness (QED) is 0.407. The van der Waals surface area contributed by atoms with Gasteiger partial charge in [0, 0.05) is 30.0 Å². The van der Waals surface area contributed by atoms with E-state index in [2.05, 4.69) is 14.9 Å². The zero-order valence-corrected chi connectivity index (χ0v) is 17.5. The molecule has 0 unspecified atom stereocenters. The number of hydrogen-bond acceptors (Lipinski definition) is 5. The summed E-state index contributed by atoms with van der Waals surface area (Å²) < 4.78 is 7.45. The predicted molar refractivity (Wildman–Crippen MR) is 117 cm³/mol. The van der Waals surface area contributed by atoms with Gasteiger partial charge in [0.1, 0.15) is 5.75 Å². The van der Waals surface area contributed by atoms with Gasteiger partial charge in [0.15, 0.2) is 5.78 Å². The maximum atomic E-state index is 12.1. The van der Waals surface area contributed by atoms with E-state index in [9.17, 15) is 9.59 Å². The second-order valence-corrected chi connectivity index (χ2v) is 7.69. The average molecular weight is 412 g/mol. The highest BCUT2D eigenvalue weighted by Crippen LogP contribution is 2.24. The van der Waals surface area contributed by atoms with E-state index in [1.54, 1.807) is 26.2 Å². The molecule has 0 aliphatic rings. The molecule has 152 valence electrons. The van der Waals surface area contributed by atoms with Crippen LogP contribution in [-0.2, 0) is 17.1 Å². The standard InChI is InChI=1S/C22H25N3O3S/c1-16(26)17-8-9-21(28-2)18(12-17)13-29-14-22(27)23-10-5-11-25-15-24-19-6-3-4-7-20(19)25/h3-4,6-9,12,15H,5,10-11,13-14H2,1-2H3,(H,23,27). The van der Waals surface area contributed by atoms with Crippen molar-refractivity contribution in [3.8, 4) is 5.75 Å². The Balaban J connectivity index is 1.40. The number of carbonyl (C=O) groups is 2. The summed E-state index contributed by atoms with van der Waals surface area (Å²) in [7, 11) is 1.60. The van der Waals surface area contributed by atoms with Gasteiger partial charge in [0.05, 0.1) is 30.2 Å². The van der Waals surface area contributed by atoms with Crippen molar-refractivity contribution >= 4 is 34.5 Å². The minimum absolute atomic E-state index is 0.00665. The van der Waals surface area contributed by atoms with Crippen LogP contribution in [-0.4, -0.2) is 40.6 Å². The summed E-state index contributed by atoms with van der Waals surface area (Å²) in [6, 6.07) is 13.4. The Morgan fingerprint density at radius 1 is 1.21 bits per heavy atom. The highest BCUT2D eigenvalue weighted by Gasteiger charge is 2.09. The number of rotatable bonds is 10. The predicted octanol–water partition coefficient (Wildman–Crippen LogP) is 3.69. The number of ketones is 1. The molecule has 0 saturated carbocycles. The van der Waals surface area contributed by atoms with Crippen molar-refractivity contribution in [1.29, 1.82) is 0 Å². The lowest BCUT2D eigenvalue weighted by Gasteiger charge is -2.10. The second kappa shape index (κ2) is 10.1. The van der Waals surface area contributed by atoms with E-state index in [0.717, 1.165) is 35.3 Å². The van der Waals surface area contributed by atoms with Gasteiger partial charge in [0.25, 0.3) is 0 Å². The number of benzene rings is 2. The fourth-order valence-corrected chi connectivity index (χ4v) is 3.92. The van der Waals surface area contributed by atoms with Gasteiger partial charge in [-0.25, -0.2) is 4.98 Å². The van der Waals surface area contributed by atoms with Crippen molar-refractivity contribution in [2.24, 2.45) is 0 Å². The first kappa shape index (κ1) is 20.9. The van der Waals surface area contributed by atoms with Crippen LogP contribution in [0.1, 0.15) is 29.3 Å². The summed E-state index contributed by atoms with van der Waals surface area (Å²) in [4.78, 5) is 28.0. The van der Waals surface area contributed by atoms with E-state index in [0.29, 0.717) is 23.6 Å². The Bertz CT molecular complexity index is 1000. The van der Waals surface area contributed by atoms with Crippen molar-refractivity contribution in [2.45, 2.75) is 25.6 Å². The van der Waals surface area contributed by atoms with Crippen molar-refractivity contribution < 1.29 is 14.3 Å². The lowest BCUT2D eigenvalue weighted by atomic mass is 10.1. The minimum atomic E-state index is 0.00665. The molecule has 29 heavy (non-hydrogen) atoms. The van der Waals surface area contributed by atoms with Gasteiger partial charge in [-0.1, -0.05) is 12.1 Å². The molecule has 0 aliphatic heterocycles. The van der Waals surface area contributed by atoms with Crippen LogP contribution in [0.5, 0.6) is 5.75 Å². The van der Waals surface area contributed by atoms with E-state index < -0.39 is 0 Å². The molecule has 3 rings (SSSR count). The summed E-state index contributed by atoms with van der Waals surface area (Å²) >= 11 is 1.50. The maximum Gasteiger partial charge on any atom is 0.230 e. The average Bonchev–Trinajstić information content (AvgIpc) is 3.14. The molecule has 2 aromatic carbocycles. The molecule has 0 fully saturated rings. The number of nitrogens with zero attached hydrogens (tertiary/aromatic N) is 2. The third kappa shape index (κ3) is 5.60. The molecule has 1 N–H and O–H groups in total. The Hall–Kier alpha value is -2.80. The third-order valence-electron chi connectivity index (χ3n) is 4.60. The fraction of sp³-hybridized carbons (Fsp3) is 0.318. The number of hydrogen-bond donors (Lipinski definition) is 1. The smallest absolute Gasteiger partial charge is 0.230 e. The van der Waals surface area contributed by atoms with Crippen LogP contribution >= 0.6 is 11.8 Å². The van der Waals surface area contributed by atoms with Gasteiger partial charge in [-0.3, -0.25) is 9.59 Å².